The molecule has 0 aromatic heterocycles. The molecule has 0 saturated carbocycles. The van der Waals surface area contributed by atoms with Gasteiger partial charge in [-0.15, -0.1) is 0 Å². The maximum Gasteiger partial charge on any atom is 0.282 e. The number of quaternary nitrogens is 1. The van der Waals surface area contributed by atoms with E-state index in [1.165, 1.54) is 11.1 Å². The highest BCUT2D eigenvalue weighted by Crippen LogP contribution is 2.17. The first-order valence-electron chi connectivity index (χ1n) is 8.28. The summed E-state index contributed by atoms with van der Waals surface area (Å²) in [5.74, 6) is 0.531. The van der Waals surface area contributed by atoms with Gasteiger partial charge in [-0.05, 0) is 37.5 Å². The first-order chi connectivity index (χ1) is 11.0. The van der Waals surface area contributed by atoms with Gasteiger partial charge in [0.2, 0.25) is 0 Å². The summed E-state index contributed by atoms with van der Waals surface area (Å²) in [4.78, 5) is 12.4. The Morgan fingerprint density at radius 1 is 0.870 bits per heavy atom. The lowest BCUT2D eigenvalue weighted by Gasteiger charge is -2.17. The Morgan fingerprint density at radius 3 is 2.04 bits per heavy atom. The van der Waals surface area contributed by atoms with Crippen molar-refractivity contribution < 1.29 is 10.1 Å². The van der Waals surface area contributed by atoms with Gasteiger partial charge in [0.1, 0.15) is 6.04 Å². The predicted octanol–water partition coefficient (Wildman–Crippen LogP) is 3.46. The average Bonchev–Trinajstić information content (AvgIpc) is 2.56. The second-order valence-corrected chi connectivity index (χ2v) is 6.45. The Bertz CT molecular complexity index is 620. The molecule has 0 aliphatic carbocycles. The number of nitrogens with one attached hydrogen (secondary N) is 1. The van der Waals surface area contributed by atoms with Gasteiger partial charge in [-0.25, -0.2) is 0 Å². The highest BCUT2D eigenvalue weighted by atomic mass is 16.2. The second-order valence-electron chi connectivity index (χ2n) is 6.45. The van der Waals surface area contributed by atoms with Crippen molar-refractivity contribution in [1.82, 2.24) is 0 Å². The number of anilines is 1. The van der Waals surface area contributed by atoms with E-state index in [4.69, 9.17) is 0 Å². The quantitative estimate of drug-likeness (QED) is 0.843. The van der Waals surface area contributed by atoms with Gasteiger partial charge in [-0.2, -0.15) is 0 Å². The summed E-state index contributed by atoms with van der Waals surface area (Å²) in [5.41, 5.74) is 3.36. The Morgan fingerprint density at radius 2 is 1.48 bits per heavy atom. The van der Waals surface area contributed by atoms with Crippen LogP contribution in [0.3, 0.4) is 0 Å². The normalized spacial score (nSPS) is 13.6. The van der Waals surface area contributed by atoms with Crippen molar-refractivity contribution >= 4 is 11.6 Å². The molecule has 1 amide bonds. The van der Waals surface area contributed by atoms with Crippen molar-refractivity contribution in [2.45, 2.75) is 45.7 Å². The zero-order valence-electron chi connectivity index (χ0n) is 14.4. The summed E-state index contributed by atoms with van der Waals surface area (Å²) in [7, 11) is 0. The van der Waals surface area contributed by atoms with Crippen LogP contribution in [0.25, 0.3) is 0 Å². The first-order valence-corrected chi connectivity index (χ1v) is 8.28. The SMILES string of the molecule is CC(C)c1ccc(NC(=O)[C@H](C)[NH2+][C@@H](C)c2ccccc2)cc1. The number of benzene rings is 2. The smallest absolute Gasteiger partial charge is 0.282 e. The Labute approximate surface area is 139 Å². The van der Waals surface area contributed by atoms with Crippen molar-refractivity contribution in [1.29, 1.82) is 0 Å². The molecule has 0 bridgehead atoms. The van der Waals surface area contributed by atoms with E-state index in [9.17, 15) is 4.79 Å². The van der Waals surface area contributed by atoms with Crippen LogP contribution in [0.2, 0.25) is 0 Å². The molecule has 2 rings (SSSR count). The van der Waals surface area contributed by atoms with Crippen LogP contribution in [0.4, 0.5) is 5.69 Å². The van der Waals surface area contributed by atoms with E-state index < -0.39 is 0 Å². The van der Waals surface area contributed by atoms with Gasteiger partial charge in [-0.3, -0.25) is 4.79 Å². The minimum Gasteiger partial charge on any atom is -0.330 e. The van der Waals surface area contributed by atoms with Crippen molar-refractivity contribution in [3.05, 3.63) is 65.7 Å². The lowest BCUT2D eigenvalue weighted by Crippen LogP contribution is -2.91. The molecule has 0 radical (unpaired) electrons. The van der Waals surface area contributed by atoms with E-state index in [2.05, 4.69) is 55.7 Å². The van der Waals surface area contributed by atoms with Gasteiger partial charge in [0.05, 0.1) is 0 Å². The molecule has 0 spiro atoms. The Hall–Kier alpha value is -2.13. The molecule has 3 heteroatoms. The summed E-state index contributed by atoms with van der Waals surface area (Å²) in [5, 5.41) is 5.08. The van der Waals surface area contributed by atoms with E-state index >= 15 is 0 Å². The molecular formula is C20H27N2O+. The van der Waals surface area contributed by atoms with Crippen molar-refractivity contribution in [2.75, 3.05) is 5.32 Å². The minimum absolute atomic E-state index is 0.0325. The third kappa shape index (κ3) is 4.93. The van der Waals surface area contributed by atoms with Crippen LogP contribution in [0.5, 0.6) is 0 Å². The van der Waals surface area contributed by atoms with E-state index in [0.29, 0.717) is 5.92 Å². The fraction of sp³-hybridized carbons (Fsp3) is 0.350. The molecule has 122 valence electrons. The number of carbonyl (C=O) groups is 1. The van der Waals surface area contributed by atoms with Crippen molar-refractivity contribution in [3.8, 4) is 0 Å². The maximum atomic E-state index is 12.4. The van der Waals surface area contributed by atoms with Crippen molar-refractivity contribution in [2.24, 2.45) is 0 Å². The minimum atomic E-state index is -0.144. The second kappa shape index (κ2) is 7.93. The van der Waals surface area contributed by atoms with Gasteiger partial charge in [0, 0.05) is 11.3 Å². The zero-order valence-corrected chi connectivity index (χ0v) is 14.4. The van der Waals surface area contributed by atoms with E-state index in [-0.39, 0.29) is 18.0 Å². The number of hydrogen-bond donors (Lipinski definition) is 2. The fourth-order valence-corrected chi connectivity index (χ4v) is 2.60. The van der Waals surface area contributed by atoms with Crippen LogP contribution in [0.1, 0.15) is 50.8 Å². The number of carbonyl (C=O) groups excluding carboxylic acids is 1. The van der Waals surface area contributed by atoms with E-state index in [1.54, 1.807) is 0 Å². The molecule has 23 heavy (non-hydrogen) atoms. The predicted molar refractivity (Wildman–Crippen MR) is 95.4 cm³/mol. The van der Waals surface area contributed by atoms with Crippen molar-refractivity contribution in [3.63, 3.8) is 0 Å². The van der Waals surface area contributed by atoms with Crippen LogP contribution < -0.4 is 10.6 Å². The number of nitrogens with two attached hydrogens (primary N) is 1. The lowest BCUT2D eigenvalue weighted by molar-refractivity contribution is -0.709. The molecule has 3 N–H and O–H groups in total. The Kier molecular flexibility index (Phi) is 5.94. The van der Waals surface area contributed by atoms with Gasteiger partial charge in [-0.1, -0.05) is 56.3 Å². The molecule has 3 nitrogen and oxygen atoms in total. The third-order valence-corrected chi connectivity index (χ3v) is 4.16. The molecule has 0 heterocycles. The molecule has 2 aromatic rings. The molecule has 0 saturated heterocycles. The summed E-state index contributed by atoms with van der Waals surface area (Å²) >= 11 is 0. The number of hydrogen-bond acceptors (Lipinski definition) is 1. The van der Waals surface area contributed by atoms with Crippen LogP contribution in [-0.4, -0.2) is 11.9 Å². The highest BCUT2D eigenvalue weighted by molar-refractivity contribution is 5.93. The van der Waals surface area contributed by atoms with Crippen LogP contribution >= 0.6 is 0 Å². The van der Waals surface area contributed by atoms with E-state index in [1.807, 2.05) is 37.3 Å². The molecule has 2 atom stereocenters. The topological polar surface area (TPSA) is 45.7 Å². The monoisotopic (exact) mass is 311 g/mol. The van der Waals surface area contributed by atoms with Gasteiger partial charge in [0.25, 0.3) is 5.91 Å². The molecule has 0 fully saturated rings. The highest BCUT2D eigenvalue weighted by Gasteiger charge is 2.20. The summed E-state index contributed by atoms with van der Waals surface area (Å²) < 4.78 is 0. The molecule has 2 aromatic carbocycles. The standard InChI is InChI=1S/C20H26N2O/c1-14(2)17-10-12-19(13-11-17)22-20(23)16(4)21-15(3)18-8-6-5-7-9-18/h5-16,21H,1-4H3,(H,22,23)/p+1/t15-,16-/m0/s1. The largest absolute Gasteiger partial charge is 0.330 e. The molecule has 0 aliphatic heterocycles. The molecule has 0 unspecified atom stereocenters. The third-order valence-electron chi connectivity index (χ3n) is 4.16. The van der Waals surface area contributed by atoms with E-state index in [0.717, 1.165) is 5.69 Å². The molecular weight excluding hydrogens is 284 g/mol. The number of rotatable bonds is 6. The first kappa shape index (κ1) is 17.2. The summed E-state index contributed by atoms with van der Waals surface area (Å²) in [6.45, 7) is 8.39. The van der Waals surface area contributed by atoms with Crippen LogP contribution in [0.15, 0.2) is 54.6 Å². The average molecular weight is 311 g/mol. The van der Waals surface area contributed by atoms with Crippen LogP contribution in [0, 0.1) is 0 Å². The fourth-order valence-electron chi connectivity index (χ4n) is 2.60. The molecule has 0 aliphatic rings. The zero-order chi connectivity index (χ0) is 16.8. The lowest BCUT2D eigenvalue weighted by atomic mass is 10.0. The van der Waals surface area contributed by atoms with Gasteiger partial charge >= 0.3 is 0 Å². The Balaban J connectivity index is 1.92. The summed E-state index contributed by atoms with van der Waals surface area (Å²) in [6, 6.07) is 18.4. The van der Waals surface area contributed by atoms with Crippen LogP contribution in [-0.2, 0) is 4.79 Å². The van der Waals surface area contributed by atoms with Gasteiger partial charge < -0.3 is 10.6 Å². The van der Waals surface area contributed by atoms with Gasteiger partial charge in [0.15, 0.2) is 6.04 Å². The summed E-state index contributed by atoms with van der Waals surface area (Å²) in [6.07, 6.45) is 0. The number of amides is 1. The maximum absolute atomic E-state index is 12.4.